The molecule has 0 aliphatic carbocycles. The Hall–Kier alpha value is -0.160. The van der Waals surface area contributed by atoms with Crippen molar-refractivity contribution in [3.8, 4) is 0 Å². The second-order valence-electron chi connectivity index (χ2n) is 5.79. The van der Waals surface area contributed by atoms with E-state index in [-0.39, 0.29) is 0 Å². The van der Waals surface area contributed by atoms with Crippen LogP contribution in [0.1, 0.15) is 46.5 Å². The van der Waals surface area contributed by atoms with Crippen LogP contribution < -0.4 is 5.32 Å². The second-order valence-corrected chi connectivity index (χ2v) is 5.79. The molecule has 120 valence electrons. The summed E-state index contributed by atoms with van der Waals surface area (Å²) in [6.45, 7) is 11.7. The minimum absolute atomic E-state index is 0.413. The van der Waals surface area contributed by atoms with Gasteiger partial charge in [-0.15, -0.1) is 0 Å². The fourth-order valence-electron chi connectivity index (χ4n) is 3.05. The first-order valence-corrected chi connectivity index (χ1v) is 8.30. The molecule has 0 radical (unpaired) electrons. The fraction of sp³-hybridized carbons (Fsp3) is 1.00. The first kappa shape index (κ1) is 17.9. The first-order valence-electron chi connectivity index (χ1n) is 8.30. The zero-order valence-corrected chi connectivity index (χ0v) is 13.9. The highest BCUT2D eigenvalue weighted by Crippen LogP contribution is 2.15. The van der Waals surface area contributed by atoms with Gasteiger partial charge in [-0.3, -0.25) is 4.90 Å². The van der Waals surface area contributed by atoms with E-state index in [2.05, 4.69) is 31.0 Å². The zero-order chi connectivity index (χ0) is 14.8. The smallest absolute Gasteiger partial charge is 0.0726 e. The van der Waals surface area contributed by atoms with Crippen molar-refractivity contribution in [3.05, 3.63) is 0 Å². The van der Waals surface area contributed by atoms with Crippen molar-refractivity contribution in [3.63, 3.8) is 0 Å². The summed E-state index contributed by atoms with van der Waals surface area (Å²) < 4.78 is 11.0. The van der Waals surface area contributed by atoms with E-state index in [0.29, 0.717) is 18.2 Å². The number of hydrogen-bond acceptors (Lipinski definition) is 4. The molecule has 0 aromatic rings. The van der Waals surface area contributed by atoms with Gasteiger partial charge in [0.25, 0.3) is 0 Å². The van der Waals surface area contributed by atoms with Gasteiger partial charge < -0.3 is 14.8 Å². The maximum absolute atomic E-state index is 5.73. The average Bonchev–Trinajstić information content (AvgIpc) is 2.99. The van der Waals surface area contributed by atoms with E-state index in [1.165, 1.54) is 25.7 Å². The Labute approximate surface area is 125 Å². The second kappa shape index (κ2) is 10.6. The van der Waals surface area contributed by atoms with Crippen molar-refractivity contribution in [1.82, 2.24) is 10.2 Å². The third-order valence-corrected chi connectivity index (χ3v) is 4.43. The SMILES string of the molecule is CCC(CC)N(CCNC(C)C1CCCO1)CCOC. The highest BCUT2D eigenvalue weighted by molar-refractivity contribution is 4.78. The largest absolute Gasteiger partial charge is 0.383 e. The van der Waals surface area contributed by atoms with Crippen molar-refractivity contribution in [2.24, 2.45) is 0 Å². The Morgan fingerprint density at radius 1 is 1.30 bits per heavy atom. The summed E-state index contributed by atoms with van der Waals surface area (Å²) >= 11 is 0. The lowest BCUT2D eigenvalue weighted by Crippen LogP contribution is -2.45. The molecular weight excluding hydrogens is 252 g/mol. The molecule has 1 heterocycles. The fourth-order valence-corrected chi connectivity index (χ4v) is 3.05. The molecular formula is C16H34N2O2. The Bertz CT molecular complexity index is 229. The molecule has 0 amide bonds. The Balaban J connectivity index is 2.28. The van der Waals surface area contributed by atoms with Crippen LogP contribution in [0.2, 0.25) is 0 Å². The van der Waals surface area contributed by atoms with Crippen LogP contribution in [0.5, 0.6) is 0 Å². The van der Waals surface area contributed by atoms with Crippen LogP contribution in [0, 0.1) is 0 Å². The van der Waals surface area contributed by atoms with Crippen LogP contribution in [0.15, 0.2) is 0 Å². The maximum atomic E-state index is 5.73. The monoisotopic (exact) mass is 286 g/mol. The molecule has 0 spiro atoms. The van der Waals surface area contributed by atoms with Crippen LogP contribution in [-0.2, 0) is 9.47 Å². The number of nitrogens with zero attached hydrogens (tertiary/aromatic N) is 1. The molecule has 0 saturated carbocycles. The summed E-state index contributed by atoms with van der Waals surface area (Å²) in [6, 6.07) is 1.13. The molecule has 1 saturated heterocycles. The summed E-state index contributed by atoms with van der Waals surface area (Å²) in [5.41, 5.74) is 0. The third-order valence-electron chi connectivity index (χ3n) is 4.43. The van der Waals surface area contributed by atoms with Crippen molar-refractivity contribution >= 4 is 0 Å². The van der Waals surface area contributed by atoms with Crippen LogP contribution in [0.3, 0.4) is 0 Å². The average molecular weight is 286 g/mol. The maximum Gasteiger partial charge on any atom is 0.0726 e. The molecule has 4 heteroatoms. The van der Waals surface area contributed by atoms with Gasteiger partial charge in [0.2, 0.25) is 0 Å². The molecule has 1 aliphatic rings. The highest BCUT2D eigenvalue weighted by Gasteiger charge is 2.22. The normalized spacial score (nSPS) is 21.0. The predicted molar refractivity (Wildman–Crippen MR) is 84.3 cm³/mol. The standard InChI is InChI=1S/C16H34N2O2/c1-5-15(6-2)18(11-13-19-4)10-9-17-14(3)16-8-7-12-20-16/h14-17H,5-13H2,1-4H3. The van der Waals surface area contributed by atoms with E-state index in [1.54, 1.807) is 7.11 Å². The summed E-state index contributed by atoms with van der Waals surface area (Å²) in [4.78, 5) is 2.55. The number of methoxy groups -OCH3 is 1. The summed E-state index contributed by atoms with van der Waals surface area (Å²) in [5.74, 6) is 0. The number of hydrogen-bond donors (Lipinski definition) is 1. The van der Waals surface area contributed by atoms with Crippen LogP contribution in [0.25, 0.3) is 0 Å². The van der Waals surface area contributed by atoms with Gasteiger partial charge in [-0.1, -0.05) is 13.8 Å². The van der Waals surface area contributed by atoms with E-state index >= 15 is 0 Å². The van der Waals surface area contributed by atoms with Crippen LogP contribution >= 0.6 is 0 Å². The predicted octanol–water partition coefficient (Wildman–Crippen LogP) is 2.28. The lowest BCUT2D eigenvalue weighted by Gasteiger charge is -2.31. The minimum atomic E-state index is 0.413. The van der Waals surface area contributed by atoms with Gasteiger partial charge in [0, 0.05) is 45.4 Å². The van der Waals surface area contributed by atoms with Crippen molar-refractivity contribution in [2.75, 3.05) is 40.0 Å². The quantitative estimate of drug-likeness (QED) is 0.632. The summed E-state index contributed by atoms with van der Waals surface area (Å²) in [6.07, 6.45) is 5.25. The molecule has 20 heavy (non-hydrogen) atoms. The number of rotatable bonds is 11. The van der Waals surface area contributed by atoms with Crippen molar-refractivity contribution in [2.45, 2.75) is 64.6 Å². The first-order chi connectivity index (χ1) is 9.72. The van der Waals surface area contributed by atoms with Crippen LogP contribution in [-0.4, -0.2) is 63.0 Å². The van der Waals surface area contributed by atoms with Gasteiger partial charge in [-0.2, -0.15) is 0 Å². The van der Waals surface area contributed by atoms with E-state index < -0.39 is 0 Å². The minimum Gasteiger partial charge on any atom is -0.383 e. The zero-order valence-electron chi connectivity index (χ0n) is 13.9. The van der Waals surface area contributed by atoms with Crippen LogP contribution in [0.4, 0.5) is 0 Å². The third kappa shape index (κ3) is 6.08. The Kier molecular flexibility index (Phi) is 9.44. The van der Waals surface area contributed by atoms with Gasteiger partial charge in [-0.25, -0.2) is 0 Å². The molecule has 1 N–H and O–H groups in total. The molecule has 1 fully saturated rings. The topological polar surface area (TPSA) is 33.7 Å². The lowest BCUT2D eigenvalue weighted by atomic mass is 10.1. The Morgan fingerprint density at radius 3 is 2.60 bits per heavy atom. The molecule has 4 nitrogen and oxygen atoms in total. The van der Waals surface area contributed by atoms with Gasteiger partial charge >= 0.3 is 0 Å². The highest BCUT2D eigenvalue weighted by atomic mass is 16.5. The summed E-state index contributed by atoms with van der Waals surface area (Å²) in [5, 5.41) is 3.63. The van der Waals surface area contributed by atoms with Gasteiger partial charge in [0.1, 0.15) is 0 Å². The molecule has 0 bridgehead atoms. The number of nitrogens with one attached hydrogen (secondary N) is 1. The molecule has 0 aromatic carbocycles. The van der Waals surface area contributed by atoms with Gasteiger partial charge in [0.05, 0.1) is 12.7 Å². The van der Waals surface area contributed by atoms with E-state index in [0.717, 1.165) is 32.8 Å². The molecule has 0 aromatic heterocycles. The van der Waals surface area contributed by atoms with E-state index in [9.17, 15) is 0 Å². The van der Waals surface area contributed by atoms with E-state index in [4.69, 9.17) is 9.47 Å². The number of ether oxygens (including phenoxy) is 2. The molecule has 2 atom stereocenters. The van der Waals surface area contributed by atoms with Gasteiger partial charge in [-0.05, 0) is 32.6 Å². The molecule has 1 aliphatic heterocycles. The molecule has 2 unspecified atom stereocenters. The molecule has 1 rings (SSSR count). The summed E-state index contributed by atoms with van der Waals surface area (Å²) in [7, 11) is 1.78. The van der Waals surface area contributed by atoms with E-state index in [1.807, 2.05) is 0 Å². The van der Waals surface area contributed by atoms with Crippen molar-refractivity contribution in [1.29, 1.82) is 0 Å². The van der Waals surface area contributed by atoms with Crippen molar-refractivity contribution < 1.29 is 9.47 Å². The van der Waals surface area contributed by atoms with Gasteiger partial charge in [0.15, 0.2) is 0 Å². The lowest BCUT2D eigenvalue weighted by molar-refractivity contribution is 0.0792. The Morgan fingerprint density at radius 2 is 2.05 bits per heavy atom.